The Morgan fingerprint density at radius 3 is 2.53 bits per heavy atom. The van der Waals surface area contributed by atoms with E-state index in [1.165, 1.54) is 16.7 Å². The van der Waals surface area contributed by atoms with Gasteiger partial charge in [-0.1, -0.05) is 57.0 Å². The van der Waals surface area contributed by atoms with Crippen molar-refractivity contribution in [2.75, 3.05) is 13.2 Å². The highest BCUT2D eigenvalue weighted by Crippen LogP contribution is 2.34. The third kappa shape index (κ3) is 8.34. The number of halogens is 1. The Kier molecular flexibility index (Phi) is 10.2. The van der Waals surface area contributed by atoms with Crippen LogP contribution in [0.5, 0.6) is 0 Å². The number of nitrogens with zero attached hydrogens (tertiary/aromatic N) is 3. The van der Waals surface area contributed by atoms with Crippen molar-refractivity contribution in [3.63, 3.8) is 0 Å². The summed E-state index contributed by atoms with van der Waals surface area (Å²) in [4.78, 5) is 11.6. The molecule has 2 saturated heterocycles. The van der Waals surface area contributed by atoms with Crippen LogP contribution in [0.4, 0.5) is 0 Å². The summed E-state index contributed by atoms with van der Waals surface area (Å²) >= 11 is 6.39. The van der Waals surface area contributed by atoms with E-state index in [0.29, 0.717) is 43.3 Å². The van der Waals surface area contributed by atoms with Gasteiger partial charge in [0.25, 0.3) is 0 Å². The molecule has 3 aliphatic rings. The number of hydrogen-bond acceptors (Lipinski definition) is 8. The van der Waals surface area contributed by atoms with Crippen LogP contribution in [0.15, 0.2) is 24.4 Å². The fourth-order valence-corrected chi connectivity index (χ4v) is 8.96. The van der Waals surface area contributed by atoms with Crippen LogP contribution < -0.4 is 15.4 Å². The molecule has 43 heavy (non-hydrogen) atoms. The molecule has 0 radical (unpaired) electrons. The molecule has 1 aromatic heterocycles. The second kappa shape index (κ2) is 13.4. The van der Waals surface area contributed by atoms with Crippen LogP contribution in [-0.4, -0.2) is 60.2 Å². The fraction of sp³-hybridized carbons (Fsp3) is 0.688. The lowest BCUT2D eigenvalue weighted by Crippen LogP contribution is -2.64. The third-order valence-electron chi connectivity index (χ3n) is 9.18. The third-order valence-corrected chi connectivity index (χ3v) is 11.4. The summed E-state index contributed by atoms with van der Waals surface area (Å²) in [6.07, 6.45) is 5.63. The number of fused-ring (bicyclic) bond motifs is 4. The van der Waals surface area contributed by atoms with E-state index in [2.05, 4.69) is 83.0 Å². The molecular weight excluding hydrogens is 584 g/mol. The van der Waals surface area contributed by atoms with Crippen LogP contribution >= 0.6 is 11.6 Å². The first-order chi connectivity index (χ1) is 20.3. The molecule has 6 atom stereocenters. The average molecular weight is 633 g/mol. The molecule has 0 spiro atoms. The Hall–Kier alpha value is -1.66. The first kappa shape index (κ1) is 32.7. The van der Waals surface area contributed by atoms with Crippen LogP contribution in [0.2, 0.25) is 5.15 Å². The van der Waals surface area contributed by atoms with E-state index in [1.54, 1.807) is 0 Å². The normalized spacial score (nSPS) is 30.6. The van der Waals surface area contributed by atoms with Crippen molar-refractivity contribution in [1.29, 1.82) is 0 Å². The highest BCUT2D eigenvalue weighted by atomic mass is 35.5. The molecule has 4 bridgehead atoms. The molecule has 238 valence electrons. The zero-order valence-electron chi connectivity index (χ0n) is 26.5. The number of hydrogen-bond donors (Lipinski definition) is 3. The summed E-state index contributed by atoms with van der Waals surface area (Å²) in [5.74, 6) is 0.245. The molecule has 2 aliphatic heterocycles. The molecule has 3 heterocycles. The molecule has 0 amide bonds. The maximum absolute atomic E-state index is 13.8. The Morgan fingerprint density at radius 2 is 1.84 bits per heavy atom. The summed E-state index contributed by atoms with van der Waals surface area (Å²) in [5, 5.41) is 6.98. The predicted molar refractivity (Wildman–Crippen MR) is 171 cm³/mol. The monoisotopic (exact) mass is 632 g/mol. The average Bonchev–Trinajstić information content (AvgIpc) is 2.92. The van der Waals surface area contributed by atoms with Crippen molar-refractivity contribution in [2.24, 2.45) is 11.3 Å². The van der Waals surface area contributed by atoms with Crippen LogP contribution in [0.1, 0.15) is 93.4 Å². The maximum atomic E-state index is 13.8. The summed E-state index contributed by atoms with van der Waals surface area (Å²) in [5.41, 5.74) is 5.15. The molecule has 1 saturated carbocycles. The van der Waals surface area contributed by atoms with Crippen LogP contribution in [-0.2, 0) is 21.3 Å². The van der Waals surface area contributed by atoms with Crippen molar-refractivity contribution >= 4 is 21.6 Å². The lowest BCUT2D eigenvalue weighted by atomic mass is 9.85. The van der Waals surface area contributed by atoms with Crippen molar-refractivity contribution in [3.8, 4) is 0 Å². The van der Waals surface area contributed by atoms with E-state index in [1.807, 2.05) is 13.1 Å². The summed E-state index contributed by atoms with van der Waals surface area (Å²) < 4.78 is 37.3. The highest BCUT2D eigenvalue weighted by molar-refractivity contribution is 7.90. The molecule has 1 aromatic carbocycles. The minimum absolute atomic E-state index is 0.0573. The van der Waals surface area contributed by atoms with Crippen LogP contribution in [0.3, 0.4) is 0 Å². The smallest absolute Gasteiger partial charge is 0.216 e. The predicted octanol–water partition coefficient (Wildman–Crippen LogP) is 5.10. The van der Waals surface area contributed by atoms with E-state index in [-0.39, 0.29) is 29.6 Å². The van der Waals surface area contributed by atoms with Crippen molar-refractivity contribution in [2.45, 2.75) is 116 Å². The van der Waals surface area contributed by atoms with E-state index in [9.17, 15) is 8.42 Å². The van der Waals surface area contributed by atoms with E-state index < -0.39 is 21.6 Å². The molecule has 5 unspecified atom stereocenters. The van der Waals surface area contributed by atoms with Gasteiger partial charge in [-0.15, -0.1) is 0 Å². The van der Waals surface area contributed by atoms with Crippen molar-refractivity contribution in [1.82, 2.24) is 30.2 Å². The molecule has 2 aromatic rings. The summed E-state index contributed by atoms with van der Waals surface area (Å²) in [6.45, 7) is 14.7. The number of aryl methyl sites for hydroxylation is 3. The Bertz CT molecular complexity index is 1360. The summed E-state index contributed by atoms with van der Waals surface area (Å²) in [7, 11) is -3.59. The zero-order chi connectivity index (χ0) is 30.9. The van der Waals surface area contributed by atoms with Gasteiger partial charge in [0.2, 0.25) is 10.0 Å². The molecule has 1 aliphatic carbocycles. The Balaban J connectivity index is 1.50. The van der Waals surface area contributed by atoms with E-state index >= 15 is 0 Å². The van der Waals surface area contributed by atoms with Crippen LogP contribution in [0.25, 0.3) is 0 Å². The summed E-state index contributed by atoms with van der Waals surface area (Å²) in [6, 6.07) is 6.33. The Labute approximate surface area is 263 Å². The molecule has 9 nitrogen and oxygen atoms in total. The van der Waals surface area contributed by atoms with Crippen molar-refractivity contribution in [3.05, 3.63) is 57.6 Å². The largest absolute Gasteiger partial charge is 0.362 e. The second-order valence-electron chi connectivity index (χ2n) is 14.1. The van der Waals surface area contributed by atoms with Gasteiger partial charge in [-0.3, -0.25) is 20.5 Å². The molecule has 5 rings (SSSR count). The van der Waals surface area contributed by atoms with Gasteiger partial charge in [0.15, 0.2) is 5.15 Å². The number of sulfonamides is 1. The van der Waals surface area contributed by atoms with Gasteiger partial charge in [-0.25, -0.2) is 13.4 Å². The van der Waals surface area contributed by atoms with Gasteiger partial charge in [-0.05, 0) is 74.5 Å². The van der Waals surface area contributed by atoms with Gasteiger partial charge in [0, 0.05) is 31.6 Å². The van der Waals surface area contributed by atoms with Gasteiger partial charge < -0.3 is 4.74 Å². The molecule has 3 fully saturated rings. The number of aromatic nitrogens is 2. The standard InChI is InChI=1S/C32H49ClN6O3S/c1-20-9-7-10-21(2)29(20)27-14-28-37-31(36-27)38-43(40,41)26-12-8-11-23(13-26)17-39(25(19-42-28)15-32(4,5)6)18-24-16-34-22(3)30(33)35-24/h7,9-10,16,23,25-28,31,36-38H,8,11-15,17-19H2,1-6H3/t23?,25-,26?,27?,28?,31?/m1/s1. The first-order valence-electron chi connectivity index (χ1n) is 15.7. The number of nitrogens with one attached hydrogen (secondary N) is 3. The van der Waals surface area contributed by atoms with Gasteiger partial charge >= 0.3 is 0 Å². The zero-order valence-corrected chi connectivity index (χ0v) is 28.1. The number of ether oxygens (including phenoxy) is 1. The lowest BCUT2D eigenvalue weighted by molar-refractivity contribution is -0.0517. The second-order valence-corrected chi connectivity index (χ2v) is 16.4. The van der Waals surface area contributed by atoms with Gasteiger partial charge in [0.1, 0.15) is 12.5 Å². The first-order valence-corrected chi connectivity index (χ1v) is 17.6. The lowest BCUT2D eigenvalue weighted by Gasteiger charge is -2.41. The fourth-order valence-electron chi connectivity index (χ4n) is 7.14. The van der Waals surface area contributed by atoms with E-state index in [0.717, 1.165) is 31.5 Å². The molecule has 3 N–H and O–H groups in total. The number of rotatable bonds is 4. The molecular formula is C32H49ClN6O3S. The maximum Gasteiger partial charge on any atom is 0.216 e. The quantitative estimate of drug-likeness (QED) is 0.427. The minimum Gasteiger partial charge on any atom is -0.362 e. The highest BCUT2D eigenvalue weighted by Gasteiger charge is 2.39. The van der Waals surface area contributed by atoms with Gasteiger partial charge in [0.05, 0.1) is 29.4 Å². The SMILES string of the molecule is Cc1cccc(C)c1C1CC2NC(N1)NS(=O)(=O)C1CCCC(C1)CN(Cc1cnc(C)c(Cl)n1)[C@H](CC(C)(C)C)CO2. The topological polar surface area (TPSA) is 108 Å². The van der Waals surface area contributed by atoms with E-state index in [4.69, 9.17) is 16.3 Å². The number of benzene rings is 1. The minimum atomic E-state index is -3.59. The van der Waals surface area contributed by atoms with Crippen LogP contribution in [0, 0.1) is 32.1 Å². The molecule has 11 heteroatoms. The Morgan fingerprint density at radius 1 is 1.09 bits per heavy atom. The van der Waals surface area contributed by atoms with Gasteiger partial charge in [-0.2, -0.15) is 4.72 Å². The van der Waals surface area contributed by atoms with Crippen molar-refractivity contribution < 1.29 is 13.2 Å².